The molecule has 9 heteroatoms. The Morgan fingerprint density at radius 1 is 0.919 bits per heavy atom. The van der Waals surface area contributed by atoms with Crippen molar-refractivity contribution in [1.82, 2.24) is 10.2 Å². The third-order valence-corrected chi connectivity index (χ3v) is 7.64. The van der Waals surface area contributed by atoms with Gasteiger partial charge in [-0.2, -0.15) is 0 Å². The molecule has 3 rings (SSSR count). The molecule has 3 aromatic carbocycles. The molecule has 0 radical (unpaired) electrons. The molecule has 0 aliphatic carbocycles. The molecule has 2 amide bonds. The summed E-state index contributed by atoms with van der Waals surface area (Å²) < 4.78 is 26.6. The molecule has 0 saturated carbocycles. The highest BCUT2D eigenvalue weighted by Gasteiger charge is 2.32. The molecule has 37 heavy (non-hydrogen) atoms. The fourth-order valence-electron chi connectivity index (χ4n) is 4.04. The average Bonchev–Trinajstić information content (AvgIpc) is 2.89. The van der Waals surface area contributed by atoms with Crippen LogP contribution in [0.15, 0.2) is 78.9 Å². The minimum absolute atomic E-state index is 0.0375. The van der Waals surface area contributed by atoms with Gasteiger partial charge >= 0.3 is 0 Å². The van der Waals surface area contributed by atoms with Gasteiger partial charge in [-0.3, -0.25) is 13.9 Å². The van der Waals surface area contributed by atoms with E-state index in [2.05, 4.69) is 5.32 Å². The second kappa shape index (κ2) is 12.7. The first-order valence-corrected chi connectivity index (χ1v) is 14.2. The Morgan fingerprint density at radius 3 is 2.11 bits per heavy atom. The number of likely N-dealkylation sites (N-methyl/N-ethyl adjacent to an activating group) is 1. The summed E-state index contributed by atoms with van der Waals surface area (Å²) >= 11 is 6.41. The summed E-state index contributed by atoms with van der Waals surface area (Å²) in [6, 6.07) is 22.6. The Hall–Kier alpha value is -3.36. The number of rotatable bonds is 11. The first-order chi connectivity index (χ1) is 17.6. The van der Waals surface area contributed by atoms with Gasteiger partial charge in [0, 0.05) is 25.0 Å². The van der Waals surface area contributed by atoms with Crippen molar-refractivity contribution >= 4 is 39.1 Å². The largest absolute Gasteiger partial charge is 0.357 e. The van der Waals surface area contributed by atoms with Crippen LogP contribution in [0.1, 0.15) is 23.6 Å². The SMILES string of the molecule is CCc1ccc(N(CC(=O)N(Cc2ccccc2Cl)[C@H](Cc2ccccc2)C(=O)NC)S(C)(=O)=O)cc1. The smallest absolute Gasteiger partial charge is 0.244 e. The van der Waals surface area contributed by atoms with Crippen LogP contribution < -0.4 is 9.62 Å². The lowest BCUT2D eigenvalue weighted by Gasteiger charge is -2.33. The van der Waals surface area contributed by atoms with Gasteiger partial charge in [-0.15, -0.1) is 0 Å². The molecule has 0 saturated heterocycles. The van der Waals surface area contributed by atoms with Crippen molar-refractivity contribution in [3.8, 4) is 0 Å². The minimum atomic E-state index is -3.80. The van der Waals surface area contributed by atoms with Crippen molar-refractivity contribution in [3.05, 3.63) is 101 Å². The number of nitrogens with one attached hydrogen (secondary N) is 1. The second-order valence-corrected chi connectivity index (χ2v) is 11.0. The molecular weight excluding hydrogens is 510 g/mol. The number of benzene rings is 3. The molecule has 0 fully saturated rings. The van der Waals surface area contributed by atoms with E-state index in [1.807, 2.05) is 49.4 Å². The molecule has 1 N–H and O–H groups in total. The zero-order valence-electron chi connectivity index (χ0n) is 21.2. The number of hydrogen-bond acceptors (Lipinski definition) is 4. The van der Waals surface area contributed by atoms with Crippen molar-refractivity contribution in [3.63, 3.8) is 0 Å². The molecule has 7 nitrogen and oxygen atoms in total. The van der Waals surface area contributed by atoms with Gasteiger partial charge in [0.2, 0.25) is 21.8 Å². The Bertz CT molecular complexity index is 1310. The van der Waals surface area contributed by atoms with Crippen LogP contribution in [-0.2, 0) is 39.0 Å². The molecule has 3 aromatic rings. The Morgan fingerprint density at radius 2 is 1.54 bits per heavy atom. The van der Waals surface area contributed by atoms with Gasteiger partial charge in [0.05, 0.1) is 11.9 Å². The molecule has 1 atom stereocenters. The van der Waals surface area contributed by atoms with Crippen LogP contribution in [-0.4, -0.2) is 51.0 Å². The zero-order valence-corrected chi connectivity index (χ0v) is 22.8. The van der Waals surface area contributed by atoms with Gasteiger partial charge in [0.1, 0.15) is 12.6 Å². The molecule has 0 heterocycles. The molecule has 0 aliphatic rings. The van der Waals surface area contributed by atoms with E-state index in [0.717, 1.165) is 28.1 Å². The van der Waals surface area contributed by atoms with E-state index in [4.69, 9.17) is 11.6 Å². The fraction of sp³-hybridized carbons (Fsp3) is 0.286. The monoisotopic (exact) mass is 541 g/mol. The molecule has 0 bridgehead atoms. The van der Waals surface area contributed by atoms with Gasteiger partial charge in [-0.05, 0) is 41.3 Å². The number of carbonyl (C=O) groups excluding carboxylic acids is 2. The average molecular weight is 542 g/mol. The molecular formula is C28H32ClN3O4S. The summed E-state index contributed by atoms with van der Waals surface area (Å²) in [4.78, 5) is 28.4. The van der Waals surface area contributed by atoms with Crippen LogP contribution in [0.5, 0.6) is 0 Å². The van der Waals surface area contributed by atoms with Crippen LogP contribution >= 0.6 is 11.6 Å². The van der Waals surface area contributed by atoms with Crippen molar-refractivity contribution in [2.45, 2.75) is 32.4 Å². The predicted molar refractivity (Wildman–Crippen MR) is 148 cm³/mol. The van der Waals surface area contributed by atoms with E-state index >= 15 is 0 Å². The standard InChI is InChI=1S/C28H32ClN3O4S/c1-4-21-14-16-24(17-15-21)32(37(3,35)36)20-27(33)31(19-23-12-8-9-13-25(23)29)26(28(34)30-2)18-22-10-6-5-7-11-22/h5-17,26H,4,18-20H2,1-3H3,(H,30,34)/t26-/m1/s1. The Balaban J connectivity index is 2.02. The normalized spacial score (nSPS) is 12.0. The first-order valence-electron chi connectivity index (χ1n) is 12.0. The highest BCUT2D eigenvalue weighted by Crippen LogP contribution is 2.23. The van der Waals surface area contributed by atoms with Crippen molar-refractivity contribution < 1.29 is 18.0 Å². The predicted octanol–water partition coefficient (Wildman–Crippen LogP) is 4.05. The number of hydrogen-bond donors (Lipinski definition) is 1. The van der Waals surface area contributed by atoms with Crippen LogP contribution in [0.4, 0.5) is 5.69 Å². The molecule has 0 aromatic heterocycles. The quantitative estimate of drug-likeness (QED) is 0.397. The second-order valence-electron chi connectivity index (χ2n) is 8.72. The number of carbonyl (C=O) groups is 2. The Labute approximate surface area is 224 Å². The maximum atomic E-state index is 13.9. The lowest BCUT2D eigenvalue weighted by atomic mass is 10.0. The van der Waals surface area contributed by atoms with Gasteiger partial charge in [0.15, 0.2) is 0 Å². The number of nitrogens with zero attached hydrogens (tertiary/aromatic N) is 2. The van der Waals surface area contributed by atoms with Crippen molar-refractivity contribution in [1.29, 1.82) is 0 Å². The summed E-state index contributed by atoms with van der Waals surface area (Å²) in [5.41, 5.74) is 2.94. The van der Waals surface area contributed by atoms with E-state index in [0.29, 0.717) is 16.3 Å². The van der Waals surface area contributed by atoms with E-state index in [1.165, 1.54) is 11.9 Å². The van der Waals surface area contributed by atoms with E-state index in [9.17, 15) is 18.0 Å². The zero-order chi connectivity index (χ0) is 27.0. The van der Waals surface area contributed by atoms with Crippen LogP contribution in [0, 0.1) is 0 Å². The third-order valence-electron chi connectivity index (χ3n) is 6.13. The third kappa shape index (κ3) is 7.57. The van der Waals surface area contributed by atoms with Gasteiger partial charge < -0.3 is 10.2 Å². The maximum Gasteiger partial charge on any atom is 0.244 e. The molecule has 0 aliphatic heterocycles. The maximum absolute atomic E-state index is 13.9. The number of halogens is 1. The number of anilines is 1. The number of sulfonamides is 1. The molecule has 196 valence electrons. The van der Waals surface area contributed by atoms with Crippen LogP contribution in [0.2, 0.25) is 5.02 Å². The lowest BCUT2D eigenvalue weighted by Crippen LogP contribution is -2.52. The van der Waals surface area contributed by atoms with E-state index in [-0.39, 0.29) is 18.9 Å². The number of amides is 2. The van der Waals surface area contributed by atoms with Crippen molar-refractivity contribution in [2.24, 2.45) is 0 Å². The minimum Gasteiger partial charge on any atom is -0.357 e. The molecule has 0 spiro atoms. The topological polar surface area (TPSA) is 86.8 Å². The summed E-state index contributed by atoms with van der Waals surface area (Å²) in [6.45, 7) is 1.58. The van der Waals surface area contributed by atoms with Gasteiger partial charge in [0.25, 0.3) is 0 Å². The fourth-order valence-corrected chi connectivity index (χ4v) is 5.09. The summed E-state index contributed by atoms with van der Waals surface area (Å²) in [5, 5.41) is 3.10. The van der Waals surface area contributed by atoms with Gasteiger partial charge in [-0.25, -0.2) is 8.42 Å². The molecule has 0 unspecified atom stereocenters. The highest BCUT2D eigenvalue weighted by molar-refractivity contribution is 7.92. The van der Waals surface area contributed by atoms with E-state index in [1.54, 1.807) is 36.4 Å². The van der Waals surface area contributed by atoms with Crippen molar-refractivity contribution in [2.75, 3.05) is 24.2 Å². The Kier molecular flexibility index (Phi) is 9.72. The summed E-state index contributed by atoms with van der Waals surface area (Å²) in [5.74, 6) is -0.878. The number of aryl methyl sites for hydroxylation is 1. The van der Waals surface area contributed by atoms with Gasteiger partial charge in [-0.1, -0.05) is 79.2 Å². The summed E-state index contributed by atoms with van der Waals surface area (Å²) in [7, 11) is -2.29. The lowest BCUT2D eigenvalue weighted by molar-refractivity contribution is -0.139. The summed E-state index contributed by atoms with van der Waals surface area (Å²) in [6.07, 6.45) is 2.12. The highest BCUT2D eigenvalue weighted by atomic mass is 35.5. The van der Waals surface area contributed by atoms with E-state index < -0.39 is 28.5 Å². The van der Waals surface area contributed by atoms with Crippen LogP contribution in [0.25, 0.3) is 0 Å². The van der Waals surface area contributed by atoms with Crippen LogP contribution in [0.3, 0.4) is 0 Å². The first kappa shape index (κ1) is 28.2.